The summed E-state index contributed by atoms with van der Waals surface area (Å²) in [6, 6.07) is 0. The number of alkyl halides is 1. The lowest BCUT2D eigenvalue weighted by atomic mass is 10.3. The van der Waals surface area contributed by atoms with Gasteiger partial charge >= 0.3 is 0 Å². The van der Waals surface area contributed by atoms with Crippen molar-refractivity contribution in [2.45, 2.75) is 31.2 Å². The zero-order valence-electron chi connectivity index (χ0n) is 8.06. The Morgan fingerprint density at radius 3 is 2.67 bits per heavy atom. The summed E-state index contributed by atoms with van der Waals surface area (Å²) in [5.41, 5.74) is 0.940. The van der Waals surface area contributed by atoms with Crippen LogP contribution in [0.25, 0.3) is 0 Å². The van der Waals surface area contributed by atoms with Gasteiger partial charge in [-0.1, -0.05) is 29.4 Å². The summed E-state index contributed by atoms with van der Waals surface area (Å²) in [6.45, 7) is 8.90. The van der Waals surface area contributed by atoms with Crippen molar-refractivity contribution < 1.29 is 4.74 Å². The van der Waals surface area contributed by atoms with Crippen LogP contribution in [0.15, 0.2) is 12.3 Å². The second-order valence-electron chi connectivity index (χ2n) is 2.79. The lowest BCUT2D eigenvalue weighted by molar-refractivity contribution is 0.141. The summed E-state index contributed by atoms with van der Waals surface area (Å²) in [5.74, 6) is 0. The Bertz CT molecular complexity index is 138. The minimum atomic E-state index is 0.0848. The predicted octanol–water partition coefficient (Wildman–Crippen LogP) is 2.30. The van der Waals surface area contributed by atoms with Crippen LogP contribution in [-0.2, 0) is 4.74 Å². The Labute approximate surface area is 83.5 Å². The largest absolute Gasteiger partial charge is 0.386 e. The summed E-state index contributed by atoms with van der Waals surface area (Å²) < 4.78 is 5.10. The van der Waals surface area contributed by atoms with Gasteiger partial charge in [0.2, 0.25) is 0 Å². The van der Waals surface area contributed by atoms with Gasteiger partial charge in [0.1, 0.15) is 0 Å². The van der Waals surface area contributed by atoms with Crippen molar-refractivity contribution in [3.05, 3.63) is 12.3 Å². The van der Waals surface area contributed by atoms with Crippen LogP contribution in [0, 0.1) is 0 Å². The van der Waals surface area contributed by atoms with Crippen LogP contribution in [0.5, 0.6) is 0 Å². The Morgan fingerprint density at radius 1 is 1.67 bits per heavy atom. The van der Waals surface area contributed by atoms with E-state index in [1.165, 1.54) is 0 Å². The van der Waals surface area contributed by atoms with Crippen molar-refractivity contribution in [2.75, 3.05) is 13.7 Å². The smallest absolute Gasteiger partial charge is 0.0931 e. The maximum atomic E-state index is 5.10. The molecule has 0 fully saturated rings. The van der Waals surface area contributed by atoms with Crippen LogP contribution < -0.4 is 5.32 Å². The number of halogens is 1. The topological polar surface area (TPSA) is 21.3 Å². The van der Waals surface area contributed by atoms with Gasteiger partial charge in [-0.15, -0.1) is 0 Å². The highest BCUT2D eigenvalue weighted by atomic mass is 79.9. The Hall–Kier alpha value is -0.0200. The van der Waals surface area contributed by atoms with E-state index < -0.39 is 0 Å². The molecular weight excluding hydrogens is 218 g/mol. The molecule has 0 rings (SSSR count). The van der Waals surface area contributed by atoms with Crippen LogP contribution in [0.4, 0.5) is 0 Å². The van der Waals surface area contributed by atoms with Gasteiger partial charge in [-0.25, -0.2) is 0 Å². The molecule has 0 aromatic heterocycles. The van der Waals surface area contributed by atoms with E-state index >= 15 is 0 Å². The lowest BCUT2D eigenvalue weighted by Crippen LogP contribution is -2.27. The van der Waals surface area contributed by atoms with E-state index in [9.17, 15) is 0 Å². The van der Waals surface area contributed by atoms with E-state index in [2.05, 4.69) is 34.7 Å². The number of hydrogen-bond acceptors (Lipinski definition) is 2. The normalized spacial score (nSPS) is 15.3. The van der Waals surface area contributed by atoms with Gasteiger partial charge in [-0.3, -0.25) is 0 Å². The SMILES string of the molecule is C=C(NCC(Br)CC)[C@H](C)OC. The fourth-order valence-corrected chi connectivity index (χ4v) is 0.834. The highest BCUT2D eigenvalue weighted by Crippen LogP contribution is 2.04. The molecule has 0 saturated carbocycles. The molecular formula is C9H18BrNO. The highest BCUT2D eigenvalue weighted by Gasteiger charge is 2.05. The van der Waals surface area contributed by atoms with E-state index in [4.69, 9.17) is 4.74 Å². The van der Waals surface area contributed by atoms with E-state index in [0.717, 1.165) is 18.7 Å². The molecule has 1 unspecified atom stereocenters. The molecule has 0 amide bonds. The summed E-state index contributed by atoms with van der Waals surface area (Å²) in [5, 5.41) is 3.22. The van der Waals surface area contributed by atoms with Crippen LogP contribution in [0.1, 0.15) is 20.3 Å². The molecule has 1 N–H and O–H groups in total. The fourth-order valence-electron chi connectivity index (χ4n) is 0.672. The monoisotopic (exact) mass is 235 g/mol. The zero-order valence-corrected chi connectivity index (χ0v) is 9.65. The average molecular weight is 236 g/mol. The number of ether oxygens (including phenoxy) is 1. The molecule has 0 aliphatic heterocycles. The summed E-state index contributed by atoms with van der Waals surface area (Å²) in [4.78, 5) is 0.512. The van der Waals surface area contributed by atoms with Crippen LogP contribution in [-0.4, -0.2) is 24.6 Å². The van der Waals surface area contributed by atoms with Gasteiger partial charge in [0.25, 0.3) is 0 Å². The van der Waals surface area contributed by atoms with Crippen molar-refractivity contribution in [2.24, 2.45) is 0 Å². The average Bonchev–Trinajstić information content (AvgIpc) is 2.11. The second-order valence-corrected chi connectivity index (χ2v) is 4.08. The molecule has 0 aromatic carbocycles. The van der Waals surface area contributed by atoms with Crippen molar-refractivity contribution in [3.8, 4) is 0 Å². The molecule has 0 aliphatic rings. The van der Waals surface area contributed by atoms with Crippen LogP contribution in [0.3, 0.4) is 0 Å². The van der Waals surface area contributed by atoms with E-state index in [1.54, 1.807) is 7.11 Å². The Balaban J connectivity index is 3.56. The maximum absolute atomic E-state index is 5.10. The molecule has 0 aromatic rings. The first kappa shape index (κ1) is 12.0. The molecule has 0 radical (unpaired) electrons. The van der Waals surface area contributed by atoms with Gasteiger partial charge in [-0.2, -0.15) is 0 Å². The molecule has 0 spiro atoms. The first-order valence-electron chi connectivity index (χ1n) is 4.21. The highest BCUT2D eigenvalue weighted by molar-refractivity contribution is 9.09. The molecule has 12 heavy (non-hydrogen) atoms. The zero-order chi connectivity index (χ0) is 9.56. The van der Waals surface area contributed by atoms with Crippen molar-refractivity contribution in [1.29, 1.82) is 0 Å². The van der Waals surface area contributed by atoms with Crippen LogP contribution in [0.2, 0.25) is 0 Å². The van der Waals surface area contributed by atoms with Gasteiger partial charge in [0.05, 0.1) is 6.10 Å². The number of rotatable bonds is 6. The van der Waals surface area contributed by atoms with Crippen molar-refractivity contribution >= 4 is 15.9 Å². The number of methoxy groups -OCH3 is 1. The van der Waals surface area contributed by atoms with Gasteiger partial charge in [0, 0.05) is 24.2 Å². The lowest BCUT2D eigenvalue weighted by Gasteiger charge is -2.16. The maximum Gasteiger partial charge on any atom is 0.0931 e. The second kappa shape index (κ2) is 6.49. The minimum Gasteiger partial charge on any atom is -0.386 e. The third kappa shape index (κ3) is 4.78. The summed E-state index contributed by atoms with van der Waals surface area (Å²) in [6.07, 6.45) is 1.20. The van der Waals surface area contributed by atoms with Gasteiger partial charge in [-0.05, 0) is 13.3 Å². The van der Waals surface area contributed by atoms with E-state index in [-0.39, 0.29) is 6.10 Å². The number of hydrogen-bond donors (Lipinski definition) is 1. The molecule has 0 aliphatic carbocycles. The molecule has 3 heteroatoms. The van der Waals surface area contributed by atoms with E-state index in [0.29, 0.717) is 4.83 Å². The van der Waals surface area contributed by atoms with Gasteiger partial charge in [0.15, 0.2) is 0 Å². The molecule has 0 bridgehead atoms. The third-order valence-electron chi connectivity index (χ3n) is 1.84. The van der Waals surface area contributed by atoms with Crippen LogP contribution >= 0.6 is 15.9 Å². The minimum absolute atomic E-state index is 0.0848. The van der Waals surface area contributed by atoms with Crippen molar-refractivity contribution in [3.63, 3.8) is 0 Å². The number of nitrogens with one attached hydrogen (secondary N) is 1. The summed E-state index contributed by atoms with van der Waals surface area (Å²) >= 11 is 3.53. The first-order valence-corrected chi connectivity index (χ1v) is 5.12. The molecule has 2 atom stereocenters. The third-order valence-corrected chi connectivity index (χ3v) is 2.81. The Morgan fingerprint density at radius 2 is 2.25 bits per heavy atom. The quantitative estimate of drug-likeness (QED) is 0.714. The standard InChI is InChI=1S/C9H18BrNO/c1-5-9(10)6-11-7(2)8(3)12-4/h8-9,11H,2,5-6H2,1,3-4H3/t8-,9?/m0/s1. The van der Waals surface area contributed by atoms with Gasteiger partial charge < -0.3 is 10.1 Å². The van der Waals surface area contributed by atoms with E-state index in [1.807, 2.05) is 6.92 Å². The molecule has 0 heterocycles. The fraction of sp³-hybridized carbons (Fsp3) is 0.778. The Kier molecular flexibility index (Phi) is 6.48. The molecule has 2 nitrogen and oxygen atoms in total. The first-order chi connectivity index (χ1) is 5.61. The predicted molar refractivity (Wildman–Crippen MR) is 56.6 cm³/mol. The summed E-state index contributed by atoms with van der Waals surface area (Å²) in [7, 11) is 1.68. The van der Waals surface area contributed by atoms with Crippen molar-refractivity contribution in [1.82, 2.24) is 5.32 Å². The molecule has 72 valence electrons. The molecule has 0 saturated heterocycles.